The van der Waals surface area contributed by atoms with Crippen LogP contribution in [0.3, 0.4) is 0 Å². The van der Waals surface area contributed by atoms with E-state index in [9.17, 15) is 0 Å². The third-order valence-electron chi connectivity index (χ3n) is 2.56. The van der Waals surface area contributed by atoms with Gasteiger partial charge in [-0.15, -0.1) is 5.10 Å². The van der Waals surface area contributed by atoms with Gasteiger partial charge < -0.3 is 0 Å². The van der Waals surface area contributed by atoms with Crippen molar-refractivity contribution in [1.29, 1.82) is 5.26 Å². The Bertz CT molecular complexity index is 582. The van der Waals surface area contributed by atoms with Gasteiger partial charge in [0.1, 0.15) is 6.07 Å². The van der Waals surface area contributed by atoms with Gasteiger partial charge in [0.2, 0.25) is 5.16 Å². The molecule has 0 bridgehead atoms. The maximum absolute atomic E-state index is 9.02. The second-order valence-corrected chi connectivity index (χ2v) is 4.86. The summed E-state index contributed by atoms with van der Waals surface area (Å²) in [6.07, 6.45) is 2.27. The largest absolute Gasteiger partial charge is 0.217 e. The number of nitrogens with zero attached hydrogens (tertiary/aromatic N) is 5. The Morgan fingerprint density at radius 3 is 2.94 bits per heavy atom. The van der Waals surface area contributed by atoms with Crippen molar-refractivity contribution in [1.82, 2.24) is 20.2 Å². The standard InChI is InChI=1S/C11H9N5S/c12-7-8-3-1-2-4-10(8)17-11-13-14-15-16(11)9-5-6-9/h1-4,9H,5-6H2. The van der Waals surface area contributed by atoms with Crippen LogP contribution in [0.2, 0.25) is 0 Å². The van der Waals surface area contributed by atoms with Crippen LogP contribution in [0, 0.1) is 11.3 Å². The Morgan fingerprint density at radius 1 is 1.35 bits per heavy atom. The number of tetrazole rings is 1. The van der Waals surface area contributed by atoms with Crippen LogP contribution in [0.5, 0.6) is 0 Å². The molecule has 6 heteroatoms. The van der Waals surface area contributed by atoms with E-state index in [1.54, 1.807) is 6.07 Å². The molecule has 84 valence electrons. The molecule has 1 aliphatic rings. The number of hydrogen-bond donors (Lipinski definition) is 0. The number of nitriles is 1. The van der Waals surface area contributed by atoms with Crippen molar-refractivity contribution in [2.24, 2.45) is 0 Å². The van der Waals surface area contributed by atoms with Crippen LogP contribution in [-0.4, -0.2) is 20.2 Å². The first-order valence-corrected chi connectivity index (χ1v) is 6.15. The maximum Gasteiger partial charge on any atom is 0.214 e. The lowest BCUT2D eigenvalue weighted by Gasteiger charge is -2.03. The van der Waals surface area contributed by atoms with Crippen molar-refractivity contribution in [2.45, 2.75) is 28.9 Å². The van der Waals surface area contributed by atoms with E-state index in [-0.39, 0.29) is 0 Å². The highest BCUT2D eigenvalue weighted by molar-refractivity contribution is 7.99. The van der Waals surface area contributed by atoms with Gasteiger partial charge in [0.15, 0.2) is 0 Å². The van der Waals surface area contributed by atoms with Crippen LogP contribution in [0.4, 0.5) is 0 Å². The van der Waals surface area contributed by atoms with Crippen LogP contribution < -0.4 is 0 Å². The van der Waals surface area contributed by atoms with Gasteiger partial charge in [-0.1, -0.05) is 12.1 Å². The molecule has 0 saturated heterocycles. The Labute approximate surface area is 102 Å². The van der Waals surface area contributed by atoms with Gasteiger partial charge in [0.25, 0.3) is 0 Å². The van der Waals surface area contributed by atoms with Crippen molar-refractivity contribution < 1.29 is 0 Å². The molecule has 0 aliphatic heterocycles. The van der Waals surface area contributed by atoms with Crippen LogP contribution in [0.1, 0.15) is 24.4 Å². The van der Waals surface area contributed by atoms with Crippen LogP contribution in [0.15, 0.2) is 34.3 Å². The Hall–Kier alpha value is -1.87. The van der Waals surface area contributed by atoms with Crippen molar-refractivity contribution in [3.05, 3.63) is 29.8 Å². The van der Waals surface area contributed by atoms with E-state index in [4.69, 9.17) is 5.26 Å². The summed E-state index contributed by atoms with van der Waals surface area (Å²) in [5.74, 6) is 0. The van der Waals surface area contributed by atoms with Crippen LogP contribution in [-0.2, 0) is 0 Å². The first kappa shape index (κ1) is 10.3. The van der Waals surface area contributed by atoms with Gasteiger partial charge in [-0.25, -0.2) is 4.68 Å². The summed E-state index contributed by atoms with van der Waals surface area (Å²) < 4.78 is 1.85. The average Bonchev–Trinajstić information content (AvgIpc) is 3.11. The molecule has 17 heavy (non-hydrogen) atoms. The first-order chi connectivity index (χ1) is 8.38. The lowest BCUT2D eigenvalue weighted by atomic mass is 10.2. The highest BCUT2D eigenvalue weighted by atomic mass is 32.2. The molecule has 0 unspecified atom stereocenters. The monoisotopic (exact) mass is 243 g/mol. The topological polar surface area (TPSA) is 67.4 Å². The van der Waals surface area contributed by atoms with Crippen LogP contribution >= 0.6 is 11.8 Å². The number of hydrogen-bond acceptors (Lipinski definition) is 5. The summed E-state index contributed by atoms with van der Waals surface area (Å²) in [6.45, 7) is 0. The van der Waals surface area contributed by atoms with Gasteiger partial charge >= 0.3 is 0 Å². The van der Waals surface area contributed by atoms with Gasteiger partial charge in [0, 0.05) is 4.90 Å². The third-order valence-corrected chi connectivity index (χ3v) is 3.59. The molecule has 1 aromatic heterocycles. The molecule has 0 spiro atoms. The predicted molar refractivity (Wildman–Crippen MR) is 61.4 cm³/mol. The number of benzene rings is 1. The summed E-state index contributed by atoms with van der Waals surface area (Å²) in [4.78, 5) is 0.895. The molecule has 0 amide bonds. The minimum atomic E-state index is 0.446. The minimum absolute atomic E-state index is 0.446. The van der Waals surface area contributed by atoms with E-state index in [0.29, 0.717) is 11.6 Å². The fourth-order valence-electron chi connectivity index (χ4n) is 1.55. The molecule has 2 aromatic rings. The van der Waals surface area contributed by atoms with Gasteiger partial charge in [-0.3, -0.25) is 0 Å². The number of aromatic nitrogens is 4. The second-order valence-electron chi connectivity index (χ2n) is 3.85. The molecule has 0 atom stereocenters. The fraction of sp³-hybridized carbons (Fsp3) is 0.273. The molecule has 1 saturated carbocycles. The Balaban J connectivity index is 1.91. The van der Waals surface area contributed by atoms with Crippen molar-refractivity contribution >= 4 is 11.8 Å². The average molecular weight is 243 g/mol. The third kappa shape index (κ3) is 2.01. The van der Waals surface area contributed by atoms with E-state index in [1.165, 1.54) is 11.8 Å². The van der Waals surface area contributed by atoms with Crippen molar-refractivity contribution in [3.63, 3.8) is 0 Å². The van der Waals surface area contributed by atoms with Gasteiger partial charge in [-0.05, 0) is 47.2 Å². The Kier molecular flexibility index (Phi) is 2.53. The minimum Gasteiger partial charge on any atom is -0.217 e. The molecule has 3 rings (SSSR count). The lowest BCUT2D eigenvalue weighted by molar-refractivity contribution is 0.565. The molecule has 1 heterocycles. The molecular weight excluding hydrogens is 234 g/mol. The molecule has 1 fully saturated rings. The number of rotatable bonds is 3. The molecule has 0 N–H and O–H groups in total. The molecule has 0 radical (unpaired) electrons. The smallest absolute Gasteiger partial charge is 0.214 e. The molecule has 1 aliphatic carbocycles. The summed E-state index contributed by atoms with van der Waals surface area (Å²) >= 11 is 1.44. The van der Waals surface area contributed by atoms with E-state index in [2.05, 4.69) is 21.6 Å². The van der Waals surface area contributed by atoms with Gasteiger partial charge in [0.05, 0.1) is 11.6 Å². The summed E-state index contributed by atoms with van der Waals surface area (Å²) in [5, 5.41) is 21.5. The Morgan fingerprint density at radius 2 is 2.18 bits per heavy atom. The maximum atomic E-state index is 9.02. The summed E-state index contributed by atoms with van der Waals surface area (Å²) in [5.41, 5.74) is 0.655. The fourth-order valence-corrected chi connectivity index (χ4v) is 2.47. The van der Waals surface area contributed by atoms with Gasteiger partial charge in [-0.2, -0.15) is 5.26 Å². The highest BCUT2D eigenvalue weighted by Crippen LogP contribution is 2.38. The normalized spacial score (nSPS) is 14.5. The summed E-state index contributed by atoms with van der Waals surface area (Å²) in [6, 6.07) is 10.1. The molecule has 5 nitrogen and oxygen atoms in total. The zero-order chi connectivity index (χ0) is 11.7. The highest BCUT2D eigenvalue weighted by Gasteiger charge is 2.28. The second kappa shape index (κ2) is 4.18. The van der Waals surface area contributed by atoms with E-state index in [1.807, 2.05) is 22.9 Å². The SMILES string of the molecule is N#Cc1ccccc1Sc1nnnn1C1CC1. The van der Waals surface area contributed by atoms with E-state index < -0.39 is 0 Å². The van der Waals surface area contributed by atoms with Crippen molar-refractivity contribution in [2.75, 3.05) is 0 Å². The molecule has 1 aromatic carbocycles. The lowest BCUT2D eigenvalue weighted by Crippen LogP contribution is -1.98. The summed E-state index contributed by atoms with van der Waals surface area (Å²) in [7, 11) is 0. The zero-order valence-electron chi connectivity index (χ0n) is 8.95. The zero-order valence-corrected chi connectivity index (χ0v) is 9.76. The van der Waals surface area contributed by atoms with Crippen LogP contribution in [0.25, 0.3) is 0 Å². The molecular formula is C11H9N5S. The van der Waals surface area contributed by atoms with E-state index >= 15 is 0 Å². The first-order valence-electron chi connectivity index (χ1n) is 5.33. The van der Waals surface area contributed by atoms with Crippen molar-refractivity contribution in [3.8, 4) is 6.07 Å². The predicted octanol–water partition coefficient (Wildman–Crippen LogP) is 2.03. The van der Waals surface area contributed by atoms with E-state index in [0.717, 1.165) is 22.9 Å². The quantitative estimate of drug-likeness (QED) is 0.825.